The summed E-state index contributed by atoms with van der Waals surface area (Å²) in [6.45, 7) is 0. The number of sulfonamides is 1. The standard InChI is InChI=1S/C12H9BrN2O4S/c13-9-3-1-2-4-11(9)20(18,19)15-8-5-6-10(12(16)17)14-7-8/h1-7,15H,(H,16,17). The molecular formula is C12H9BrN2O4S. The minimum absolute atomic E-state index is 0.0855. The average Bonchev–Trinajstić information content (AvgIpc) is 2.39. The predicted molar refractivity (Wildman–Crippen MR) is 76.1 cm³/mol. The monoisotopic (exact) mass is 356 g/mol. The Kier molecular flexibility index (Phi) is 4.05. The van der Waals surface area contributed by atoms with Crippen LogP contribution in [0.3, 0.4) is 0 Å². The Labute approximate surface area is 123 Å². The van der Waals surface area contributed by atoms with Crippen molar-refractivity contribution in [3.8, 4) is 0 Å². The van der Waals surface area contributed by atoms with E-state index < -0.39 is 16.0 Å². The van der Waals surface area contributed by atoms with Gasteiger partial charge in [0.15, 0.2) is 0 Å². The Morgan fingerprint density at radius 2 is 1.90 bits per heavy atom. The second kappa shape index (κ2) is 5.59. The van der Waals surface area contributed by atoms with Crippen LogP contribution in [0.25, 0.3) is 0 Å². The molecule has 20 heavy (non-hydrogen) atoms. The van der Waals surface area contributed by atoms with Crippen molar-refractivity contribution in [3.05, 3.63) is 52.8 Å². The Morgan fingerprint density at radius 1 is 1.20 bits per heavy atom. The van der Waals surface area contributed by atoms with E-state index >= 15 is 0 Å². The number of aromatic nitrogens is 1. The van der Waals surface area contributed by atoms with Gasteiger partial charge in [0.05, 0.1) is 11.9 Å². The van der Waals surface area contributed by atoms with Crippen molar-refractivity contribution in [3.63, 3.8) is 0 Å². The van der Waals surface area contributed by atoms with E-state index in [9.17, 15) is 13.2 Å². The zero-order valence-electron chi connectivity index (χ0n) is 9.95. The smallest absolute Gasteiger partial charge is 0.354 e. The van der Waals surface area contributed by atoms with E-state index in [2.05, 4.69) is 25.6 Å². The summed E-state index contributed by atoms with van der Waals surface area (Å²) in [6, 6.07) is 8.92. The lowest BCUT2D eigenvalue weighted by Crippen LogP contribution is -2.14. The maximum Gasteiger partial charge on any atom is 0.354 e. The first-order valence-electron chi connectivity index (χ1n) is 5.37. The summed E-state index contributed by atoms with van der Waals surface area (Å²) in [5, 5.41) is 8.72. The summed E-state index contributed by atoms with van der Waals surface area (Å²) in [5.74, 6) is -1.18. The van der Waals surface area contributed by atoms with Crippen LogP contribution < -0.4 is 4.72 Å². The molecule has 2 rings (SSSR count). The summed E-state index contributed by atoms with van der Waals surface area (Å²) in [7, 11) is -3.76. The van der Waals surface area contributed by atoms with E-state index in [-0.39, 0.29) is 16.3 Å². The molecule has 0 spiro atoms. The van der Waals surface area contributed by atoms with E-state index in [0.717, 1.165) is 6.20 Å². The molecule has 1 aromatic carbocycles. The molecule has 0 fully saturated rings. The SMILES string of the molecule is O=C(O)c1ccc(NS(=O)(=O)c2ccccc2Br)cn1. The molecule has 0 saturated carbocycles. The van der Waals surface area contributed by atoms with Crippen molar-refractivity contribution < 1.29 is 18.3 Å². The molecule has 0 atom stereocenters. The van der Waals surface area contributed by atoms with Gasteiger partial charge in [-0.05, 0) is 40.2 Å². The van der Waals surface area contributed by atoms with Gasteiger partial charge in [-0.1, -0.05) is 12.1 Å². The minimum atomic E-state index is -3.76. The molecule has 0 aliphatic rings. The van der Waals surface area contributed by atoms with E-state index in [1.54, 1.807) is 18.2 Å². The van der Waals surface area contributed by atoms with Crippen LogP contribution >= 0.6 is 15.9 Å². The van der Waals surface area contributed by atoms with Crippen molar-refractivity contribution in [2.24, 2.45) is 0 Å². The number of hydrogen-bond donors (Lipinski definition) is 2. The van der Waals surface area contributed by atoms with E-state index in [1.165, 1.54) is 18.2 Å². The molecule has 8 heteroatoms. The van der Waals surface area contributed by atoms with Crippen molar-refractivity contribution in [2.75, 3.05) is 4.72 Å². The quantitative estimate of drug-likeness (QED) is 0.876. The van der Waals surface area contributed by atoms with Gasteiger partial charge in [-0.2, -0.15) is 0 Å². The van der Waals surface area contributed by atoms with E-state index in [4.69, 9.17) is 5.11 Å². The zero-order valence-corrected chi connectivity index (χ0v) is 12.3. The maximum absolute atomic E-state index is 12.2. The molecule has 0 aliphatic carbocycles. The number of anilines is 1. The van der Waals surface area contributed by atoms with Gasteiger partial charge in [-0.25, -0.2) is 18.2 Å². The Morgan fingerprint density at radius 3 is 2.45 bits per heavy atom. The molecule has 6 nitrogen and oxygen atoms in total. The fourth-order valence-corrected chi connectivity index (χ4v) is 3.50. The van der Waals surface area contributed by atoms with Gasteiger partial charge in [0, 0.05) is 4.47 Å². The largest absolute Gasteiger partial charge is 0.477 e. The number of hydrogen-bond acceptors (Lipinski definition) is 4. The molecule has 104 valence electrons. The third kappa shape index (κ3) is 3.14. The van der Waals surface area contributed by atoms with Gasteiger partial charge in [0.2, 0.25) is 0 Å². The third-order valence-corrected chi connectivity index (χ3v) is 4.75. The van der Waals surface area contributed by atoms with Crippen molar-refractivity contribution in [2.45, 2.75) is 4.90 Å². The number of carbonyl (C=O) groups is 1. The molecule has 0 radical (unpaired) electrons. The molecule has 0 amide bonds. The number of carboxylic acids is 1. The first kappa shape index (κ1) is 14.5. The lowest BCUT2D eigenvalue weighted by atomic mass is 10.3. The molecule has 0 saturated heterocycles. The van der Waals surface area contributed by atoms with E-state index in [1.807, 2.05) is 0 Å². The van der Waals surface area contributed by atoms with Gasteiger partial charge < -0.3 is 5.11 Å². The number of nitrogens with one attached hydrogen (secondary N) is 1. The van der Waals surface area contributed by atoms with Gasteiger partial charge in [0.1, 0.15) is 10.6 Å². The minimum Gasteiger partial charge on any atom is -0.477 e. The molecule has 1 heterocycles. The van der Waals surface area contributed by atoms with Crippen LogP contribution in [0.1, 0.15) is 10.5 Å². The third-order valence-electron chi connectivity index (χ3n) is 2.36. The molecule has 2 aromatic rings. The molecule has 1 aromatic heterocycles. The van der Waals surface area contributed by atoms with Crippen LogP contribution in [0.4, 0.5) is 5.69 Å². The van der Waals surface area contributed by atoms with Crippen molar-refractivity contribution >= 4 is 37.6 Å². The molecule has 0 aliphatic heterocycles. The van der Waals surface area contributed by atoms with Crippen LogP contribution in [0.2, 0.25) is 0 Å². The van der Waals surface area contributed by atoms with E-state index in [0.29, 0.717) is 4.47 Å². The molecule has 2 N–H and O–H groups in total. The van der Waals surface area contributed by atoms with Crippen molar-refractivity contribution in [1.29, 1.82) is 0 Å². The van der Waals surface area contributed by atoms with Crippen LogP contribution in [0.15, 0.2) is 52.0 Å². The van der Waals surface area contributed by atoms with Crippen LogP contribution in [-0.2, 0) is 10.0 Å². The number of benzene rings is 1. The number of carboxylic acid groups (broad SMARTS) is 1. The number of rotatable bonds is 4. The first-order valence-corrected chi connectivity index (χ1v) is 7.64. The highest BCUT2D eigenvalue weighted by molar-refractivity contribution is 9.10. The zero-order chi connectivity index (χ0) is 14.8. The lowest BCUT2D eigenvalue weighted by molar-refractivity contribution is 0.0690. The number of pyridine rings is 1. The summed E-state index contributed by atoms with van der Waals surface area (Å²) < 4.78 is 27.1. The summed E-state index contributed by atoms with van der Waals surface area (Å²) >= 11 is 3.16. The Hall–Kier alpha value is -1.93. The normalized spacial score (nSPS) is 11.1. The number of nitrogens with zero attached hydrogens (tertiary/aromatic N) is 1. The number of halogens is 1. The van der Waals surface area contributed by atoms with Gasteiger partial charge >= 0.3 is 5.97 Å². The van der Waals surface area contributed by atoms with Crippen molar-refractivity contribution in [1.82, 2.24) is 4.98 Å². The summed E-state index contributed by atoms with van der Waals surface area (Å²) in [4.78, 5) is 14.4. The second-order valence-corrected chi connectivity index (χ2v) is 6.28. The molecular weight excluding hydrogens is 348 g/mol. The Bertz CT molecular complexity index is 744. The highest BCUT2D eigenvalue weighted by atomic mass is 79.9. The number of aromatic carboxylic acids is 1. The highest BCUT2D eigenvalue weighted by Crippen LogP contribution is 2.23. The summed E-state index contributed by atoms with van der Waals surface area (Å²) in [5.41, 5.74) is 0.0274. The van der Waals surface area contributed by atoms with Gasteiger partial charge in [-0.15, -0.1) is 0 Å². The fraction of sp³-hybridized carbons (Fsp3) is 0. The van der Waals surface area contributed by atoms with Gasteiger partial charge in [0.25, 0.3) is 10.0 Å². The lowest BCUT2D eigenvalue weighted by Gasteiger charge is -2.09. The highest BCUT2D eigenvalue weighted by Gasteiger charge is 2.17. The van der Waals surface area contributed by atoms with Crippen LogP contribution in [-0.4, -0.2) is 24.5 Å². The van der Waals surface area contributed by atoms with Crippen LogP contribution in [0, 0.1) is 0 Å². The topological polar surface area (TPSA) is 96.4 Å². The molecule has 0 bridgehead atoms. The Balaban J connectivity index is 2.29. The fourth-order valence-electron chi connectivity index (χ4n) is 1.45. The first-order chi connectivity index (χ1) is 9.40. The average molecular weight is 357 g/mol. The van der Waals surface area contributed by atoms with Gasteiger partial charge in [-0.3, -0.25) is 4.72 Å². The van der Waals surface area contributed by atoms with Crippen LogP contribution in [0.5, 0.6) is 0 Å². The summed E-state index contributed by atoms with van der Waals surface area (Å²) in [6.07, 6.45) is 1.15. The molecule has 0 unspecified atom stereocenters. The maximum atomic E-state index is 12.2. The second-order valence-electron chi connectivity index (χ2n) is 3.77. The predicted octanol–water partition coefficient (Wildman–Crippen LogP) is 2.34.